The lowest BCUT2D eigenvalue weighted by Gasteiger charge is -2.09. The van der Waals surface area contributed by atoms with Crippen LogP contribution in [0, 0.1) is 6.92 Å². The molecule has 7 nitrogen and oxygen atoms in total. The Balaban J connectivity index is 1.31. The summed E-state index contributed by atoms with van der Waals surface area (Å²) in [5.41, 5.74) is 2.08. The first kappa shape index (κ1) is 21.1. The summed E-state index contributed by atoms with van der Waals surface area (Å²) >= 11 is 1.35. The van der Waals surface area contributed by atoms with Crippen LogP contribution in [0.1, 0.15) is 5.56 Å². The molecule has 0 saturated heterocycles. The van der Waals surface area contributed by atoms with E-state index in [0.29, 0.717) is 22.9 Å². The number of nitrogens with one attached hydrogen (secondary N) is 2. The smallest absolute Gasteiger partial charge is 0.261 e. The Bertz CT molecular complexity index is 1190. The van der Waals surface area contributed by atoms with E-state index in [0.717, 1.165) is 10.5 Å². The van der Waals surface area contributed by atoms with Crippen LogP contribution in [-0.4, -0.2) is 26.9 Å². The largest absolute Gasteiger partial charge is 0.454 e. The minimum absolute atomic E-state index is 0.159. The molecule has 3 aromatic rings. The molecule has 3 aromatic carbocycles. The van der Waals surface area contributed by atoms with Crippen molar-refractivity contribution in [3.8, 4) is 11.5 Å². The maximum Gasteiger partial charge on any atom is 0.261 e. The van der Waals surface area contributed by atoms with Gasteiger partial charge in [0.25, 0.3) is 10.0 Å². The highest BCUT2D eigenvalue weighted by atomic mass is 32.2. The molecule has 1 aliphatic rings. The van der Waals surface area contributed by atoms with Crippen LogP contribution in [-0.2, 0) is 14.8 Å². The van der Waals surface area contributed by atoms with Crippen LogP contribution in [0.5, 0.6) is 11.5 Å². The summed E-state index contributed by atoms with van der Waals surface area (Å²) in [6, 6.07) is 18.8. The minimum atomic E-state index is -3.65. The SMILES string of the molecule is Cc1ccc(S(=O)(=O)Nc2ccc(SCC(=O)Nc3ccc4c(c3)OCO4)cc2)cc1. The van der Waals surface area contributed by atoms with Gasteiger partial charge in [-0.05, 0) is 55.5 Å². The first-order valence-corrected chi connectivity index (χ1v) is 11.9. The topological polar surface area (TPSA) is 93.7 Å². The Morgan fingerprint density at radius 1 is 0.935 bits per heavy atom. The first-order chi connectivity index (χ1) is 14.9. The van der Waals surface area contributed by atoms with Gasteiger partial charge in [-0.3, -0.25) is 9.52 Å². The molecule has 0 saturated carbocycles. The summed E-state index contributed by atoms with van der Waals surface area (Å²) in [6.07, 6.45) is 0. The second-order valence-corrected chi connectivity index (χ2v) is 9.58. The third kappa shape index (κ3) is 5.31. The number of hydrogen-bond acceptors (Lipinski definition) is 6. The van der Waals surface area contributed by atoms with Gasteiger partial charge in [-0.1, -0.05) is 17.7 Å². The number of amides is 1. The van der Waals surface area contributed by atoms with Gasteiger partial charge in [0.15, 0.2) is 11.5 Å². The van der Waals surface area contributed by atoms with Crippen molar-refractivity contribution in [3.05, 3.63) is 72.3 Å². The van der Waals surface area contributed by atoms with Crippen molar-refractivity contribution in [1.29, 1.82) is 0 Å². The average Bonchev–Trinajstić information content (AvgIpc) is 3.21. The average molecular weight is 457 g/mol. The van der Waals surface area contributed by atoms with Gasteiger partial charge in [0.1, 0.15) is 0 Å². The van der Waals surface area contributed by atoms with Crippen LogP contribution < -0.4 is 19.5 Å². The summed E-state index contributed by atoms with van der Waals surface area (Å²) in [6.45, 7) is 2.08. The summed E-state index contributed by atoms with van der Waals surface area (Å²) in [7, 11) is -3.65. The molecule has 0 aromatic heterocycles. The third-order valence-electron chi connectivity index (χ3n) is 4.46. The highest BCUT2D eigenvalue weighted by molar-refractivity contribution is 8.00. The second kappa shape index (κ2) is 8.91. The molecule has 0 aliphatic carbocycles. The maximum atomic E-state index is 12.5. The number of aryl methyl sites for hydroxylation is 1. The summed E-state index contributed by atoms with van der Waals surface area (Å²) in [4.78, 5) is 13.3. The van der Waals surface area contributed by atoms with E-state index in [9.17, 15) is 13.2 Å². The second-order valence-electron chi connectivity index (χ2n) is 6.85. The molecule has 4 rings (SSSR count). The summed E-state index contributed by atoms with van der Waals surface area (Å²) in [5.74, 6) is 1.32. The standard InChI is InChI=1S/C22H20N2O5S2/c1-15-2-9-19(10-3-15)31(26,27)24-16-4-7-18(8-5-16)30-13-22(25)23-17-6-11-20-21(12-17)29-14-28-20/h2-12,24H,13-14H2,1H3,(H,23,25). The maximum absolute atomic E-state index is 12.5. The van der Waals surface area contributed by atoms with Crippen LogP contribution in [0.4, 0.5) is 11.4 Å². The lowest BCUT2D eigenvalue weighted by molar-refractivity contribution is -0.113. The number of carbonyl (C=O) groups excluding carboxylic acids is 1. The number of rotatable bonds is 7. The zero-order valence-electron chi connectivity index (χ0n) is 16.6. The van der Waals surface area contributed by atoms with Crippen molar-refractivity contribution in [1.82, 2.24) is 0 Å². The van der Waals surface area contributed by atoms with Crippen molar-refractivity contribution in [2.75, 3.05) is 22.6 Å². The molecule has 2 N–H and O–H groups in total. The number of anilines is 2. The molecule has 0 bridgehead atoms. The van der Waals surface area contributed by atoms with Gasteiger partial charge in [-0.2, -0.15) is 0 Å². The molecule has 1 amide bonds. The predicted molar refractivity (Wildman–Crippen MR) is 120 cm³/mol. The lowest BCUT2D eigenvalue weighted by atomic mass is 10.2. The molecule has 0 atom stereocenters. The van der Waals surface area contributed by atoms with Crippen LogP contribution in [0.3, 0.4) is 0 Å². The van der Waals surface area contributed by atoms with E-state index in [2.05, 4.69) is 10.0 Å². The molecule has 9 heteroatoms. The van der Waals surface area contributed by atoms with E-state index in [-0.39, 0.29) is 23.3 Å². The van der Waals surface area contributed by atoms with Crippen molar-refractivity contribution in [2.45, 2.75) is 16.7 Å². The molecule has 1 heterocycles. The Morgan fingerprint density at radius 3 is 2.35 bits per heavy atom. The molecule has 0 radical (unpaired) electrons. The van der Waals surface area contributed by atoms with Gasteiger partial charge in [0.2, 0.25) is 12.7 Å². The molecule has 0 fully saturated rings. The number of ether oxygens (including phenoxy) is 2. The van der Waals surface area contributed by atoms with Crippen LogP contribution in [0.25, 0.3) is 0 Å². The zero-order valence-corrected chi connectivity index (χ0v) is 18.3. The van der Waals surface area contributed by atoms with Crippen LogP contribution in [0.2, 0.25) is 0 Å². The summed E-state index contributed by atoms with van der Waals surface area (Å²) < 4.78 is 38.1. The predicted octanol–water partition coefficient (Wildman–Crippen LogP) is 4.26. The van der Waals surface area contributed by atoms with E-state index in [4.69, 9.17) is 9.47 Å². The van der Waals surface area contributed by atoms with Gasteiger partial charge in [0, 0.05) is 22.3 Å². The summed E-state index contributed by atoms with van der Waals surface area (Å²) in [5, 5.41) is 2.82. The Kier molecular flexibility index (Phi) is 6.06. The molecule has 160 valence electrons. The number of thioether (sulfide) groups is 1. The van der Waals surface area contributed by atoms with Gasteiger partial charge in [-0.25, -0.2) is 8.42 Å². The first-order valence-electron chi connectivity index (χ1n) is 9.41. The van der Waals surface area contributed by atoms with Crippen molar-refractivity contribution < 1.29 is 22.7 Å². The number of hydrogen-bond donors (Lipinski definition) is 2. The fourth-order valence-corrected chi connectivity index (χ4v) is 4.63. The number of fused-ring (bicyclic) bond motifs is 1. The van der Waals surface area contributed by atoms with E-state index in [1.54, 1.807) is 66.7 Å². The monoisotopic (exact) mass is 456 g/mol. The quantitative estimate of drug-likeness (QED) is 0.516. The van der Waals surface area contributed by atoms with Gasteiger partial charge in [0.05, 0.1) is 10.6 Å². The van der Waals surface area contributed by atoms with E-state index in [1.807, 2.05) is 6.92 Å². The number of carbonyl (C=O) groups is 1. The van der Waals surface area contributed by atoms with Crippen molar-refractivity contribution in [2.24, 2.45) is 0 Å². The van der Waals surface area contributed by atoms with Crippen molar-refractivity contribution in [3.63, 3.8) is 0 Å². The highest BCUT2D eigenvalue weighted by Gasteiger charge is 2.15. The molecular weight excluding hydrogens is 436 g/mol. The normalized spacial score (nSPS) is 12.4. The Hall–Kier alpha value is -3.17. The Labute approximate surface area is 184 Å². The lowest BCUT2D eigenvalue weighted by Crippen LogP contribution is -2.14. The van der Waals surface area contributed by atoms with E-state index < -0.39 is 10.0 Å². The fourth-order valence-electron chi connectivity index (χ4n) is 2.87. The molecule has 0 unspecified atom stereocenters. The van der Waals surface area contributed by atoms with Gasteiger partial charge in [-0.15, -0.1) is 11.8 Å². The fraction of sp³-hybridized carbons (Fsp3) is 0.136. The third-order valence-corrected chi connectivity index (χ3v) is 6.87. The molecule has 0 spiro atoms. The number of sulfonamides is 1. The van der Waals surface area contributed by atoms with Gasteiger partial charge >= 0.3 is 0 Å². The van der Waals surface area contributed by atoms with Crippen molar-refractivity contribution >= 4 is 39.1 Å². The van der Waals surface area contributed by atoms with Gasteiger partial charge < -0.3 is 14.8 Å². The minimum Gasteiger partial charge on any atom is -0.454 e. The Morgan fingerprint density at radius 2 is 1.61 bits per heavy atom. The molecule has 1 aliphatic heterocycles. The van der Waals surface area contributed by atoms with Crippen LogP contribution in [0.15, 0.2) is 76.5 Å². The van der Waals surface area contributed by atoms with E-state index in [1.165, 1.54) is 11.8 Å². The van der Waals surface area contributed by atoms with Crippen LogP contribution >= 0.6 is 11.8 Å². The highest BCUT2D eigenvalue weighted by Crippen LogP contribution is 2.34. The molecular formula is C22H20N2O5S2. The van der Waals surface area contributed by atoms with E-state index >= 15 is 0 Å². The molecule has 31 heavy (non-hydrogen) atoms. The zero-order chi connectivity index (χ0) is 21.8. The number of benzene rings is 3.